The van der Waals surface area contributed by atoms with E-state index in [0.717, 1.165) is 0 Å². The molecule has 8 heavy (non-hydrogen) atoms. The SMILES string of the molecule is I.O.O.O.O.O.O.[Ca+2].[H-].[H-]. The average Bonchev–Trinajstić information content (AvgIpc) is 0. The van der Waals surface area contributed by atoms with Gasteiger partial charge in [0, 0.05) is 0 Å². The summed E-state index contributed by atoms with van der Waals surface area (Å²) >= 11 is 0. The van der Waals surface area contributed by atoms with E-state index in [4.69, 9.17) is 0 Å². The second-order valence-electron chi connectivity index (χ2n) is 0. The molecule has 0 radical (unpaired) electrons. The zero-order valence-corrected chi connectivity index (χ0v) is 8.65. The van der Waals surface area contributed by atoms with Crippen LogP contribution < -0.4 is 0 Å². The first-order valence-corrected chi connectivity index (χ1v) is 0. The van der Waals surface area contributed by atoms with Crippen molar-refractivity contribution < 1.29 is 35.7 Å². The molecule has 12 N–H and O–H groups in total. The van der Waals surface area contributed by atoms with Crippen LogP contribution in [0.15, 0.2) is 0 Å². The van der Waals surface area contributed by atoms with Gasteiger partial charge in [-0.2, -0.15) is 0 Å². The first kappa shape index (κ1) is 244. The molecule has 0 aliphatic rings. The van der Waals surface area contributed by atoms with Gasteiger partial charge in [0.05, 0.1) is 0 Å². The Kier molecular flexibility index (Phi) is 5230. The molecule has 0 aromatic carbocycles. The molecule has 0 atom stereocenters. The van der Waals surface area contributed by atoms with Crippen molar-refractivity contribution in [3.8, 4) is 0 Å². The summed E-state index contributed by atoms with van der Waals surface area (Å²) in [6, 6.07) is 0. The summed E-state index contributed by atoms with van der Waals surface area (Å²) in [5, 5.41) is 0. The van der Waals surface area contributed by atoms with Crippen molar-refractivity contribution in [1.29, 1.82) is 0 Å². The van der Waals surface area contributed by atoms with Crippen LogP contribution in [0.1, 0.15) is 2.85 Å². The zero-order valence-electron chi connectivity index (χ0n) is 6.12. The van der Waals surface area contributed by atoms with Crippen LogP contribution in [0.3, 0.4) is 0 Å². The second-order valence-corrected chi connectivity index (χ2v) is 0. The molecular weight excluding hydrogens is 263 g/mol. The quantitative estimate of drug-likeness (QED) is 0.305. The Labute approximate surface area is 96.5 Å². The number of hydrogen-bond acceptors (Lipinski definition) is 0. The smallest absolute Gasteiger partial charge is 1.00 e. The van der Waals surface area contributed by atoms with Gasteiger partial charge in [0.25, 0.3) is 0 Å². The van der Waals surface area contributed by atoms with Crippen LogP contribution in [-0.4, -0.2) is 70.6 Å². The van der Waals surface area contributed by atoms with E-state index in [0.29, 0.717) is 0 Å². The minimum absolute atomic E-state index is 0. The molecular formula is H15CaIO6. The Balaban J connectivity index is 0. The molecule has 6 nitrogen and oxygen atoms in total. The Bertz CT molecular complexity index is 15.7. The van der Waals surface area contributed by atoms with Crippen LogP contribution in [0.25, 0.3) is 0 Å². The number of hydrogen-bond donors (Lipinski definition) is 0. The fourth-order valence-corrected chi connectivity index (χ4v) is 0. The summed E-state index contributed by atoms with van der Waals surface area (Å²) in [6.45, 7) is 0. The molecule has 0 spiro atoms. The predicted octanol–water partition coefficient (Wildman–Crippen LogP) is -4.49. The zero-order chi connectivity index (χ0) is 0. The van der Waals surface area contributed by atoms with Crippen molar-refractivity contribution in [3.05, 3.63) is 0 Å². The van der Waals surface area contributed by atoms with Gasteiger partial charge in [-0.3, -0.25) is 0 Å². The summed E-state index contributed by atoms with van der Waals surface area (Å²) in [7, 11) is 0. The van der Waals surface area contributed by atoms with Gasteiger partial charge >= 0.3 is 37.7 Å². The molecule has 0 rings (SSSR count). The number of halogens is 1. The van der Waals surface area contributed by atoms with E-state index in [2.05, 4.69) is 0 Å². The second kappa shape index (κ2) is 172. The third kappa shape index (κ3) is 115. The normalized spacial score (nSPS) is 0. The summed E-state index contributed by atoms with van der Waals surface area (Å²) in [5.74, 6) is 0. The monoisotopic (exact) mass is 278 g/mol. The first-order chi connectivity index (χ1) is 0. The van der Waals surface area contributed by atoms with Crippen molar-refractivity contribution in [1.82, 2.24) is 0 Å². The maximum absolute atomic E-state index is 0. The summed E-state index contributed by atoms with van der Waals surface area (Å²) in [6.07, 6.45) is 0. The minimum Gasteiger partial charge on any atom is -1.00 e. The molecule has 0 amide bonds. The fourth-order valence-electron chi connectivity index (χ4n) is 0. The largest absolute Gasteiger partial charge is 2.00 e. The Morgan fingerprint density at radius 1 is 0.500 bits per heavy atom. The van der Waals surface area contributed by atoms with Crippen LogP contribution in [0.4, 0.5) is 0 Å². The minimum atomic E-state index is 0. The molecule has 0 aromatic heterocycles. The van der Waals surface area contributed by atoms with Gasteiger partial charge in [-0.05, 0) is 0 Å². The molecule has 0 heterocycles. The van der Waals surface area contributed by atoms with Gasteiger partial charge in [0.2, 0.25) is 0 Å². The van der Waals surface area contributed by atoms with E-state index in [9.17, 15) is 0 Å². The van der Waals surface area contributed by atoms with Gasteiger partial charge in [0.15, 0.2) is 0 Å². The molecule has 0 aliphatic heterocycles. The molecule has 0 aliphatic carbocycles. The Morgan fingerprint density at radius 3 is 0.500 bits per heavy atom. The van der Waals surface area contributed by atoms with Gasteiger partial charge in [-0.25, -0.2) is 0 Å². The van der Waals surface area contributed by atoms with Crippen LogP contribution in [0.2, 0.25) is 0 Å². The van der Waals surface area contributed by atoms with Crippen molar-refractivity contribution in [2.24, 2.45) is 0 Å². The standard InChI is InChI=1S/Ca.HI.6H2O.2H/h;1H;6*1H2;;/q+2;;;;;;;;2*-1. The van der Waals surface area contributed by atoms with E-state index < -0.39 is 0 Å². The van der Waals surface area contributed by atoms with E-state index in [-0.39, 0.29) is 97.4 Å². The molecule has 8 heteroatoms. The Hall–Kier alpha value is 1.75. The molecule has 60 valence electrons. The van der Waals surface area contributed by atoms with Crippen LogP contribution in [0.5, 0.6) is 0 Å². The topological polar surface area (TPSA) is 189 Å². The predicted molar refractivity (Wildman–Crippen MR) is 45.1 cm³/mol. The van der Waals surface area contributed by atoms with E-state index in [1.54, 1.807) is 0 Å². The van der Waals surface area contributed by atoms with Crippen LogP contribution >= 0.6 is 24.0 Å². The summed E-state index contributed by atoms with van der Waals surface area (Å²) in [4.78, 5) is 0. The third-order valence-corrected chi connectivity index (χ3v) is 0. The fraction of sp³-hybridized carbons (Fsp3) is 0. The maximum atomic E-state index is 0. The van der Waals surface area contributed by atoms with Crippen molar-refractivity contribution in [2.75, 3.05) is 0 Å². The van der Waals surface area contributed by atoms with E-state index >= 15 is 0 Å². The third-order valence-electron chi connectivity index (χ3n) is 0. The van der Waals surface area contributed by atoms with Gasteiger partial charge in [0.1, 0.15) is 0 Å². The maximum Gasteiger partial charge on any atom is 2.00 e. The molecule has 0 aromatic rings. The van der Waals surface area contributed by atoms with Crippen molar-refractivity contribution in [3.63, 3.8) is 0 Å². The van der Waals surface area contributed by atoms with Gasteiger partial charge < -0.3 is 35.7 Å². The molecule has 0 fully saturated rings. The first-order valence-electron chi connectivity index (χ1n) is 0. The van der Waals surface area contributed by atoms with Crippen molar-refractivity contribution in [2.45, 2.75) is 0 Å². The van der Waals surface area contributed by atoms with Gasteiger partial charge in [-0.1, -0.05) is 0 Å². The van der Waals surface area contributed by atoms with Crippen LogP contribution in [0, 0.1) is 0 Å². The van der Waals surface area contributed by atoms with Gasteiger partial charge in [-0.15, -0.1) is 24.0 Å². The molecule has 0 bridgehead atoms. The summed E-state index contributed by atoms with van der Waals surface area (Å²) in [5.41, 5.74) is 0. The number of rotatable bonds is 0. The van der Waals surface area contributed by atoms with E-state index in [1.807, 2.05) is 0 Å². The molecule has 0 saturated carbocycles. The molecule has 0 saturated heterocycles. The van der Waals surface area contributed by atoms with Crippen molar-refractivity contribution >= 4 is 61.7 Å². The Morgan fingerprint density at radius 2 is 0.500 bits per heavy atom. The summed E-state index contributed by atoms with van der Waals surface area (Å²) < 4.78 is 0. The van der Waals surface area contributed by atoms with E-state index in [1.165, 1.54) is 0 Å². The molecule has 0 unspecified atom stereocenters. The average molecular weight is 278 g/mol. The van der Waals surface area contributed by atoms with Crippen LogP contribution in [-0.2, 0) is 0 Å².